The normalized spacial score (nSPS) is 18.6. The average Bonchev–Trinajstić information content (AvgIpc) is 3.22. The second kappa shape index (κ2) is 6.56. The van der Waals surface area contributed by atoms with Crippen molar-refractivity contribution in [3.8, 4) is 0 Å². The quantitative estimate of drug-likeness (QED) is 0.766. The molecule has 1 saturated carbocycles. The van der Waals surface area contributed by atoms with Crippen LogP contribution >= 0.6 is 0 Å². The van der Waals surface area contributed by atoms with Crippen molar-refractivity contribution in [2.75, 3.05) is 6.54 Å². The van der Waals surface area contributed by atoms with Crippen LogP contribution in [-0.2, 0) is 6.42 Å². The Morgan fingerprint density at radius 2 is 1.74 bits per heavy atom. The zero-order valence-electron chi connectivity index (χ0n) is 12.9. The number of likely N-dealkylation sites (N-methyl/N-ethyl adjacent to an activating group) is 1. The standard InChI is InChI=1S/C18H29N/c1-5-19-18(14(4)17-10-11-17)12-15-6-8-16(9-7-15)13(2)3/h6-9,13-14,17-19H,5,10-12H2,1-4H3. The van der Waals surface area contributed by atoms with Crippen LogP contribution in [0.15, 0.2) is 24.3 Å². The van der Waals surface area contributed by atoms with E-state index in [1.165, 1.54) is 30.4 Å². The van der Waals surface area contributed by atoms with Crippen LogP contribution in [0.3, 0.4) is 0 Å². The SMILES string of the molecule is CCNC(Cc1ccc(C(C)C)cc1)C(C)C1CC1. The summed E-state index contributed by atoms with van der Waals surface area (Å²) in [6.07, 6.45) is 4.05. The summed E-state index contributed by atoms with van der Waals surface area (Å²) in [6.45, 7) is 10.2. The fraction of sp³-hybridized carbons (Fsp3) is 0.667. The molecule has 0 heterocycles. The fourth-order valence-corrected chi connectivity index (χ4v) is 2.95. The highest BCUT2D eigenvalue weighted by Gasteiger charge is 2.32. The maximum Gasteiger partial charge on any atom is 0.0136 e. The van der Waals surface area contributed by atoms with Crippen molar-refractivity contribution in [2.24, 2.45) is 11.8 Å². The van der Waals surface area contributed by atoms with Crippen LogP contribution in [-0.4, -0.2) is 12.6 Å². The number of hydrogen-bond acceptors (Lipinski definition) is 1. The summed E-state index contributed by atoms with van der Waals surface area (Å²) in [5.41, 5.74) is 2.92. The molecule has 2 atom stereocenters. The van der Waals surface area contributed by atoms with Gasteiger partial charge >= 0.3 is 0 Å². The topological polar surface area (TPSA) is 12.0 Å². The molecule has 1 heteroatoms. The Hall–Kier alpha value is -0.820. The smallest absolute Gasteiger partial charge is 0.0136 e. The third-order valence-electron chi connectivity index (χ3n) is 4.57. The van der Waals surface area contributed by atoms with E-state index in [0.717, 1.165) is 18.4 Å². The third kappa shape index (κ3) is 4.07. The molecule has 1 N–H and O–H groups in total. The van der Waals surface area contributed by atoms with Crippen molar-refractivity contribution in [2.45, 2.75) is 58.9 Å². The first-order valence-corrected chi connectivity index (χ1v) is 7.94. The van der Waals surface area contributed by atoms with Gasteiger partial charge in [0.25, 0.3) is 0 Å². The lowest BCUT2D eigenvalue weighted by Gasteiger charge is -2.25. The average molecular weight is 259 g/mol. The van der Waals surface area contributed by atoms with E-state index in [1.807, 2.05) is 0 Å². The Bertz CT molecular complexity index is 375. The molecule has 1 fully saturated rings. The molecule has 1 nitrogen and oxygen atoms in total. The molecular weight excluding hydrogens is 230 g/mol. The van der Waals surface area contributed by atoms with E-state index in [-0.39, 0.29) is 0 Å². The highest BCUT2D eigenvalue weighted by atomic mass is 14.9. The molecule has 1 aromatic carbocycles. The van der Waals surface area contributed by atoms with Crippen LogP contribution in [0.25, 0.3) is 0 Å². The first-order chi connectivity index (χ1) is 9.11. The van der Waals surface area contributed by atoms with E-state index < -0.39 is 0 Å². The largest absolute Gasteiger partial charge is 0.314 e. The Morgan fingerprint density at radius 3 is 2.21 bits per heavy atom. The molecule has 2 rings (SSSR count). The molecule has 106 valence electrons. The summed E-state index contributed by atoms with van der Waals surface area (Å²) in [7, 11) is 0. The molecule has 0 saturated heterocycles. The molecule has 0 spiro atoms. The van der Waals surface area contributed by atoms with E-state index in [0.29, 0.717) is 12.0 Å². The maximum atomic E-state index is 3.69. The predicted octanol–water partition coefficient (Wildman–Crippen LogP) is 4.38. The summed E-state index contributed by atoms with van der Waals surface area (Å²) in [5.74, 6) is 2.41. The summed E-state index contributed by atoms with van der Waals surface area (Å²) in [6, 6.07) is 9.87. The van der Waals surface area contributed by atoms with Gasteiger partial charge in [-0.25, -0.2) is 0 Å². The minimum atomic E-state index is 0.629. The van der Waals surface area contributed by atoms with Crippen LogP contribution in [0.2, 0.25) is 0 Å². The lowest BCUT2D eigenvalue weighted by atomic mass is 9.90. The first kappa shape index (κ1) is 14.6. The zero-order valence-corrected chi connectivity index (χ0v) is 12.9. The second-order valence-corrected chi connectivity index (χ2v) is 6.46. The van der Waals surface area contributed by atoms with E-state index >= 15 is 0 Å². The molecule has 0 aromatic heterocycles. The predicted molar refractivity (Wildman–Crippen MR) is 83.6 cm³/mol. The van der Waals surface area contributed by atoms with E-state index in [9.17, 15) is 0 Å². The van der Waals surface area contributed by atoms with Crippen molar-refractivity contribution >= 4 is 0 Å². The van der Waals surface area contributed by atoms with Crippen molar-refractivity contribution < 1.29 is 0 Å². The minimum Gasteiger partial charge on any atom is -0.314 e. The number of benzene rings is 1. The van der Waals surface area contributed by atoms with Crippen LogP contribution in [0.4, 0.5) is 0 Å². The van der Waals surface area contributed by atoms with Gasteiger partial charge in [-0.3, -0.25) is 0 Å². The van der Waals surface area contributed by atoms with Gasteiger partial charge in [0.15, 0.2) is 0 Å². The van der Waals surface area contributed by atoms with E-state index in [2.05, 4.69) is 57.3 Å². The molecule has 0 bridgehead atoms. The lowest BCUT2D eigenvalue weighted by molar-refractivity contribution is 0.344. The highest BCUT2D eigenvalue weighted by Crippen LogP contribution is 2.38. The second-order valence-electron chi connectivity index (χ2n) is 6.46. The maximum absolute atomic E-state index is 3.69. The summed E-state index contributed by atoms with van der Waals surface area (Å²) >= 11 is 0. The van der Waals surface area contributed by atoms with Crippen LogP contribution in [0.1, 0.15) is 57.6 Å². The van der Waals surface area contributed by atoms with Crippen LogP contribution in [0, 0.1) is 11.8 Å². The summed E-state index contributed by atoms with van der Waals surface area (Å²) < 4.78 is 0. The molecule has 2 unspecified atom stereocenters. The van der Waals surface area contributed by atoms with Gasteiger partial charge < -0.3 is 5.32 Å². The molecular formula is C18H29N. The summed E-state index contributed by atoms with van der Waals surface area (Å²) in [5, 5.41) is 3.69. The number of hydrogen-bond donors (Lipinski definition) is 1. The molecule has 0 amide bonds. The van der Waals surface area contributed by atoms with Gasteiger partial charge in [0.1, 0.15) is 0 Å². The monoisotopic (exact) mass is 259 g/mol. The van der Waals surface area contributed by atoms with E-state index in [4.69, 9.17) is 0 Å². The molecule has 0 radical (unpaired) electrons. The number of rotatable bonds is 7. The molecule has 0 aliphatic heterocycles. The van der Waals surface area contributed by atoms with Gasteiger partial charge in [0.2, 0.25) is 0 Å². The van der Waals surface area contributed by atoms with Crippen LogP contribution < -0.4 is 5.32 Å². The van der Waals surface area contributed by atoms with Crippen molar-refractivity contribution in [3.05, 3.63) is 35.4 Å². The van der Waals surface area contributed by atoms with Gasteiger partial charge in [-0.05, 0) is 54.7 Å². The van der Waals surface area contributed by atoms with Gasteiger partial charge in [0.05, 0.1) is 0 Å². The van der Waals surface area contributed by atoms with Gasteiger partial charge in [-0.15, -0.1) is 0 Å². The Balaban J connectivity index is 1.99. The molecule has 19 heavy (non-hydrogen) atoms. The van der Waals surface area contributed by atoms with Crippen molar-refractivity contribution in [1.29, 1.82) is 0 Å². The molecule has 1 aliphatic rings. The van der Waals surface area contributed by atoms with Crippen molar-refractivity contribution in [3.63, 3.8) is 0 Å². The summed E-state index contributed by atoms with van der Waals surface area (Å²) in [4.78, 5) is 0. The molecule has 1 aliphatic carbocycles. The number of nitrogens with one attached hydrogen (secondary N) is 1. The van der Waals surface area contributed by atoms with Crippen LogP contribution in [0.5, 0.6) is 0 Å². The fourth-order valence-electron chi connectivity index (χ4n) is 2.95. The third-order valence-corrected chi connectivity index (χ3v) is 4.57. The Morgan fingerprint density at radius 1 is 1.11 bits per heavy atom. The Labute approximate surface area is 118 Å². The lowest BCUT2D eigenvalue weighted by Crippen LogP contribution is -2.37. The Kier molecular flexibility index (Phi) is 5.04. The van der Waals surface area contributed by atoms with Gasteiger partial charge in [-0.2, -0.15) is 0 Å². The highest BCUT2D eigenvalue weighted by molar-refractivity contribution is 5.25. The minimum absolute atomic E-state index is 0.629. The molecule has 1 aromatic rings. The van der Waals surface area contributed by atoms with E-state index in [1.54, 1.807) is 0 Å². The van der Waals surface area contributed by atoms with Crippen molar-refractivity contribution in [1.82, 2.24) is 5.32 Å². The zero-order chi connectivity index (χ0) is 13.8. The first-order valence-electron chi connectivity index (χ1n) is 7.94. The van der Waals surface area contributed by atoms with Gasteiger partial charge in [-0.1, -0.05) is 52.0 Å². The van der Waals surface area contributed by atoms with Gasteiger partial charge in [0, 0.05) is 6.04 Å².